The van der Waals surface area contributed by atoms with Crippen LogP contribution in [-0.4, -0.2) is 11.1 Å². The van der Waals surface area contributed by atoms with Gasteiger partial charge in [0.15, 0.2) is 0 Å². The molecule has 0 spiro atoms. The fourth-order valence-corrected chi connectivity index (χ4v) is 4.68. The Balaban J connectivity index is 2.22. The number of hydrogen-bond acceptors (Lipinski definition) is 1. The molecule has 2 rings (SSSR count). The Bertz CT molecular complexity index is 287. The molecule has 17 heavy (non-hydrogen) atoms. The molecule has 0 amide bonds. The van der Waals surface area contributed by atoms with Gasteiger partial charge in [0.1, 0.15) is 0 Å². The Labute approximate surface area is 105 Å². The fraction of sp³-hybridized carbons (Fsp3) is 0.933. The van der Waals surface area contributed by atoms with E-state index in [0.29, 0.717) is 0 Å². The van der Waals surface area contributed by atoms with Crippen LogP contribution in [0.15, 0.2) is 0 Å². The van der Waals surface area contributed by atoms with E-state index in [1.807, 2.05) is 6.92 Å². The highest BCUT2D eigenvalue weighted by molar-refractivity contribution is 5.71. The second kappa shape index (κ2) is 4.99. The van der Waals surface area contributed by atoms with E-state index in [0.717, 1.165) is 24.7 Å². The molecule has 2 aliphatic carbocycles. The van der Waals surface area contributed by atoms with Crippen molar-refractivity contribution >= 4 is 5.97 Å². The quantitative estimate of drug-likeness (QED) is 0.800. The summed E-state index contributed by atoms with van der Waals surface area (Å²) < 4.78 is 0. The molecule has 2 heteroatoms. The van der Waals surface area contributed by atoms with Crippen molar-refractivity contribution in [3.63, 3.8) is 0 Å². The molecule has 98 valence electrons. The van der Waals surface area contributed by atoms with Crippen molar-refractivity contribution in [3.05, 3.63) is 0 Å². The van der Waals surface area contributed by atoms with Crippen LogP contribution in [-0.2, 0) is 4.79 Å². The number of fused-ring (bicyclic) bond motifs is 2. The summed E-state index contributed by atoms with van der Waals surface area (Å²) in [7, 11) is 0. The van der Waals surface area contributed by atoms with Crippen LogP contribution in [0.1, 0.15) is 65.2 Å². The van der Waals surface area contributed by atoms with Gasteiger partial charge in [-0.1, -0.05) is 33.1 Å². The predicted molar refractivity (Wildman–Crippen MR) is 68.8 cm³/mol. The standard InChI is InChI=1S/C15H26O2/c1-3-11-8-12-6-5-7-15(9-11,10-12)13(4-2)14(16)17/h11-13H,3-10H2,1-2H3,(H,16,17). The zero-order chi connectivity index (χ0) is 12.5. The van der Waals surface area contributed by atoms with E-state index in [1.54, 1.807) is 0 Å². The zero-order valence-electron chi connectivity index (χ0n) is 11.2. The van der Waals surface area contributed by atoms with E-state index in [2.05, 4.69) is 6.92 Å². The van der Waals surface area contributed by atoms with Crippen LogP contribution in [0.4, 0.5) is 0 Å². The Morgan fingerprint density at radius 1 is 1.41 bits per heavy atom. The first-order valence-corrected chi connectivity index (χ1v) is 7.34. The minimum Gasteiger partial charge on any atom is -0.481 e. The van der Waals surface area contributed by atoms with E-state index < -0.39 is 5.97 Å². The third-order valence-electron chi connectivity index (χ3n) is 5.37. The van der Waals surface area contributed by atoms with Gasteiger partial charge < -0.3 is 5.11 Å². The first-order chi connectivity index (χ1) is 8.11. The normalized spacial score (nSPS) is 38.7. The molecular formula is C15H26O2. The van der Waals surface area contributed by atoms with Gasteiger partial charge in [0.2, 0.25) is 0 Å². The summed E-state index contributed by atoms with van der Waals surface area (Å²) in [5, 5.41) is 9.49. The first-order valence-electron chi connectivity index (χ1n) is 7.34. The van der Waals surface area contributed by atoms with Crippen molar-refractivity contribution in [1.82, 2.24) is 0 Å². The van der Waals surface area contributed by atoms with Crippen molar-refractivity contribution < 1.29 is 9.90 Å². The van der Waals surface area contributed by atoms with Gasteiger partial charge in [0, 0.05) is 0 Å². The van der Waals surface area contributed by atoms with Gasteiger partial charge in [0.05, 0.1) is 5.92 Å². The molecule has 0 aromatic rings. The Morgan fingerprint density at radius 3 is 2.76 bits per heavy atom. The number of carbonyl (C=O) groups is 1. The van der Waals surface area contributed by atoms with Gasteiger partial charge in [-0.15, -0.1) is 0 Å². The first kappa shape index (κ1) is 12.9. The SMILES string of the molecule is CCC1CC2CCCC(C(CC)C(=O)O)(C1)C2. The summed E-state index contributed by atoms with van der Waals surface area (Å²) in [6, 6.07) is 0. The van der Waals surface area contributed by atoms with Gasteiger partial charge in [-0.05, 0) is 49.4 Å². The maximum Gasteiger partial charge on any atom is 0.307 e. The number of aliphatic carboxylic acids is 1. The fourth-order valence-electron chi connectivity index (χ4n) is 4.68. The van der Waals surface area contributed by atoms with E-state index in [9.17, 15) is 9.90 Å². The van der Waals surface area contributed by atoms with E-state index in [-0.39, 0.29) is 11.3 Å². The lowest BCUT2D eigenvalue weighted by Gasteiger charge is -2.51. The molecule has 2 fully saturated rings. The molecule has 2 bridgehead atoms. The summed E-state index contributed by atoms with van der Waals surface area (Å²) in [5.41, 5.74) is 0.141. The topological polar surface area (TPSA) is 37.3 Å². The zero-order valence-corrected chi connectivity index (χ0v) is 11.2. The van der Waals surface area contributed by atoms with Gasteiger partial charge in [-0.3, -0.25) is 4.79 Å². The summed E-state index contributed by atoms with van der Waals surface area (Å²) >= 11 is 0. The van der Waals surface area contributed by atoms with Crippen LogP contribution < -0.4 is 0 Å². The van der Waals surface area contributed by atoms with Crippen LogP contribution in [0.25, 0.3) is 0 Å². The monoisotopic (exact) mass is 238 g/mol. The Kier molecular flexibility index (Phi) is 3.79. The second-order valence-electron chi connectivity index (χ2n) is 6.34. The molecule has 0 aromatic heterocycles. The average molecular weight is 238 g/mol. The highest BCUT2D eigenvalue weighted by Crippen LogP contribution is 2.56. The Hall–Kier alpha value is -0.530. The third kappa shape index (κ3) is 2.36. The van der Waals surface area contributed by atoms with Crippen LogP contribution in [0, 0.1) is 23.2 Å². The largest absolute Gasteiger partial charge is 0.481 e. The molecule has 0 saturated heterocycles. The molecular weight excluding hydrogens is 212 g/mol. The molecule has 4 unspecified atom stereocenters. The number of hydrogen-bond donors (Lipinski definition) is 1. The lowest BCUT2D eigenvalue weighted by molar-refractivity contribution is -0.151. The number of carboxylic acids is 1. The molecule has 2 saturated carbocycles. The van der Waals surface area contributed by atoms with Gasteiger partial charge >= 0.3 is 5.97 Å². The van der Waals surface area contributed by atoms with E-state index in [4.69, 9.17) is 0 Å². The van der Waals surface area contributed by atoms with Crippen molar-refractivity contribution in [3.8, 4) is 0 Å². The maximum atomic E-state index is 11.5. The van der Waals surface area contributed by atoms with Crippen molar-refractivity contribution in [2.24, 2.45) is 23.2 Å². The lowest BCUT2D eigenvalue weighted by atomic mass is 9.53. The van der Waals surface area contributed by atoms with Crippen LogP contribution in [0.5, 0.6) is 0 Å². The molecule has 0 aromatic carbocycles. The molecule has 1 N–H and O–H groups in total. The highest BCUT2D eigenvalue weighted by Gasteiger charge is 2.49. The highest BCUT2D eigenvalue weighted by atomic mass is 16.4. The smallest absolute Gasteiger partial charge is 0.307 e. The van der Waals surface area contributed by atoms with Gasteiger partial charge in [-0.2, -0.15) is 0 Å². The average Bonchev–Trinajstić information content (AvgIpc) is 2.28. The molecule has 4 atom stereocenters. The minimum absolute atomic E-state index is 0.0975. The molecule has 0 radical (unpaired) electrons. The van der Waals surface area contributed by atoms with Crippen LogP contribution in [0.3, 0.4) is 0 Å². The van der Waals surface area contributed by atoms with Gasteiger partial charge in [0.25, 0.3) is 0 Å². The second-order valence-corrected chi connectivity index (χ2v) is 6.34. The minimum atomic E-state index is -0.551. The summed E-state index contributed by atoms with van der Waals surface area (Å²) in [5.74, 6) is 0.947. The van der Waals surface area contributed by atoms with Crippen LogP contribution >= 0.6 is 0 Å². The van der Waals surface area contributed by atoms with Gasteiger partial charge in [-0.25, -0.2) is 0 Å². The van der Waals surface area contributed by atoms with E-state index >= 15 is 0 Å². The Morgan fingerprint density at radius 2 is 2.18 bits per heavy atom. The van der Waals surface area contributed by atoms with Crippen molar-refractivity contribution in [2.75, 3.05) is 0 Å². The number of rotatable bonds is 4. The number of carboxylic acid groups (broad SMARTS) is 1. The third-order valence-corrected chi connectivity index (χ3v) is 5.37. The van der Waals surface area contributed by atoms with E-state index in [1.165, 1.54) is 38.5 Å². The molecule has 2 aliphatic rings. The van der Waals surface area contributed by atoms with Crippen molar-refractivity contribution in [1.29, 1.82) is 0 Å². The molecule has 2 nitrogen and oxygen atoms in total. The summed E-state index contributed by atoms with van der Waals surface area (Å²) in [6.45, 7) is 4.31. The summed E-state index contributed by atoms with van der Waals surface area (Å²) in [6.07, 6.45) is 9.50. The van der Waals surface area contributed by atoms with Crippen LogP contribution in [0.2, 0.25) is 0 Å². The maximum absolute atomic E-state index is 11.5. The summed E-state index contributed by atoms with van der Waals surface area (Å²) in [4.78, 5) is 11.5. The lowest BCUT2D eigenvalue weighted by Crippen LogP contribution is -2.44. The predicted octanol–water partition coefficient (Wildman–Crippen LogP) is 4.09. The molecule has 0 aliphatic heterocycles. The molecule has 0 heterocycles. The van der Waals surface area contributed by atoms with Crippen molar-refractivity contribution in [2.45, 2.75) is 65.2 Å².